The number of carbonyl (C=O) groups excluding carboxylic acids is 1. The molecule has 1 unspecified atom stereocenters. The number of benzene rings is 1. The minimum Gasteiger partial charge on any atom is -0.460 e. The van der Waals surface area contributed by atoms with Gasteiger partial charge in [0.25, 0.3) is 5.13 Å². The maximum absolute atomic E-state index is 13.2. The summed E-state index contributed by atoms with van der Waals surface area (Å²) >= 11 is 0.798. The predicted molar refractivity (Wildman–Crippen MR) is 139 cm³/mol. The third-order valence-electron chi connectivity index (χ3n) is 5.98. The number of hydrogen-bond acceptors (Lipinski definition) is 10. The SMILES string of the molecule is CCCCCN1c2cc(NS(=O)(=O)C(F)(F)F)c(N=Nc3nnc(C(=O)OCCCC)s3)cc2CCC1C. The second kappa shape index (κ2) is 12.8. The molecule has 1 N–H and O–H groups in total. The second-order valence-corrected chi connectivity index (χ2v) is 11.5. The highest BCUT2D eigenvalue weighted by Crippen LogP contribution is 2.41. The molecule has 38 heavy (non-hydrogen) atoms. The highest BCUT2D eigenvalue weighted by molar-refractivity contribution is 7.93. The average molecular weight is 577 g/mol. The zero-order valence-electron chi connectivity index (χ0n) is 21.4. The number of fused-ring (bicyclic) bond motifs is 1. The topological polar surface area (TPSA) is 126 Å². The van der Waals surface area contributed by atoms with Gasteiger partial charge in [-0.25, -0.2) is 4.79 Å². The van der Waals surface area contributed by atoms with Gasteiger partial charge in [-0.15, -0.1) is 20.4 Å². The number of halogens is 3. The number of unbranched alkanes of at least 4 members (excludes halogenated alkanes) is 3. The Morgan fingerprint density at radius 2 is 1.92 bits per heavy atom. The van der Waals surface area contributed by atoms with Crippen LogP contribution in [0.1, 0.15) is 74.7 Å². The number of rotatable bonds is 12. The second-order valence-electron chi connectivity index (χ2n) is 8.92. The summed E-state index contributed by atoms with van der Waals surface area (Å²) in [5.41, 5.74) is -4.50. The van der Waals surface area contributed by atoms with Crippen molar-refractivity contribution >= 4 is 49.5 Å². The number of sulfonamides is 1. The van der Waals surface area contributed by atoms with Crippen LogP contribution in [0.3, 0.4) is 0 Å². The van der Waals surface area contributed by atoms with E-state index in [4.69, 9.17) is 4.74 Å². The van der Waals surface area contributed by atoms with Crippen LogP contribution in [0, 0.1) is 0 Å². The van der Waals surface area contributed by atoms with Crippen LogP contribution < -0.4 is 9.62 Å². The normalized spacial score (nSPS) is 16.1. The van der Waals surface area contributed by atoms with Crippen LogP contribution in [0.2, 0.25) is 0 Å². The van der Waals surface area contributed by atoms with Crippen LogP contribution in [0.4, 0.5) is 35.4 Å². The third-order valence-corrected chi connectivity index (χ3v) is 7.87. The van der Waals surface area contributed by atoms with E-state index in [0.29, 0.717) is 25.1 Å². The summed E-state index contributed by atoms with van der Waals surface area (Å²) in [4.78, 5) is 14.1. The first-order valence-corrected chi connectivity index (χ1v) is 14.7. The molecule has 3 rings (SSSR count). The molecule has 0 saturated heterocycles. The van der Waals surface area contributed by atoms with Gasteiger partial charge in [-0.1, -0.05) is 44.4 Å². The number of alkyl halides is 3. The number of ether oxygens (including phenoxy) is 1. The molecule has 0 spiro atoms. The Bertz CT molecular complexity index is 1250. The molecule has 0 bridgehead atoms. The molecular formula is C23H31F3N6O4S2. The molecule has 0 aliphatic carbocycles. The fourth-order valence-electron chi connectivity index (χ4n) is 3.89. The fraction of sp³-hybridized carbons (Fsp3) is 0.609. The number of carbonyl (C=O) groups is 1. The zero-order valence-corrected chi connectivity index (χ0v) is 23.0. The lowest BCUT2D eigenvalue weighted by Crippen LogP contribution is -2.38. The van der Waals surface area contributed by atoms with Crippen LogP contribution in [-0.2, 0) is 21.2 Å². The molecule has 1 aromatic heterocycles. The van der Waals surface area contributed by atoms with Crippen molar-refractivity contribution < 1.29 is 31.1 Å². The first-order valence-electron chi connectivity index (χ1n) is 12.4. The number of esters is 1. The molecule has 0 amide bonds. The van der Waals surface area contributed by atoms with E-state index in [0.717, 1.165) is 49.0 Å². The first kappa shape index (κ1) is 29.7. The van der Waals surface area contributed by atoms with Crippen LogP contribution in [-0.4, -0.2) is 49.3 Å². The van der Waals surface area contributed by atoms with E-state index in [1.54, 1.807) is 4.72 Å². The summed E-state index contributed by atoms with van der Waals surface area (Å²) in [6.07, 6.45) is 5.90. The van der Waals surface area contributed by atoms with Gasteiger partial charge < -0.3 is 9.64 Å². The molecule has 1 atom stereocenters. The van der Waals surface area contributed by atoms with Crippen molar-refractivity contribution in [3.63, 3.8) is 0 Å². The lowest BCUT2D eigenvalue weighted by atomic mass is 9.95. The van der Waals surface area contributed by atoms with Gasteiger partial charge in [-0.05, 0) is 50.3 Å². The van der Waals surface area contributed by atoms with Crippen LogP contribution in [0.5, 0.6) is 0 Å². The van der Waals surface area contributed by atoms with Gasteiger partial charge >= 0.3 is 21.5 Å². The van der Waals surface area contributed by atoms with Crippen molar-refractivity contribution in [2.45, 2.75) is 77.3 Å². The highest BCUT2D eigenvalue weighted by atomic mass is 32.2. The predicted octanol–water partition coefficient (Wildman–Crippen LogP) is 6.50. The standard InChI is InChI=1S/C23H31F3N6O4S2/c1-4-6-8-11-32-15(3)9-10-16-13-17(18(14-19(16)32)31-38(34,35)23(24,25)26)27-29-22-30-28-20(37-22)21(33)36-12-7-5-2/h13-15,31H,4-12H2,1-3H3. The van der Waals surface area contributed by atoms with Gasteiger partial charge in [-0.2, -0.15) is 21.6 Å². The van der Waals surface area contributed by atoms with Crippen molar-refractivity contribution in [3.8, 4) is 0 Å². The van der Waals surface area contributed by atoms with E-state index < -0.39 is 21.5 Å². The Balaban J connectivity index is 1.95. The van der Waals surface area contributed by atoms with E-state index >= 15 is 0 Å². The van der Waals surface area contributed by atoms with Gasteiger partial charge in [0.15, 0.2) is 0 Å². The monoisotopic (exact) mass is 576 g/mol. The number of aryl methyl sites for hydroxylation is 1. The maximum Gasteiger partial charge on any atom is 0.516 e. The van der Waals surface area contributed by atoms with Crippen LogP contribution >= 0.6 is 11.3 Å². The van der Waals surface area contributed by atoms with Crippen molar-refractivity contribution in [2.75, 3.05) is 22.8 Å². The number of nitrogens with zero attached hydrogens (tertiary/aromatic N) is 5. The number of hydrogen-bond donors (Lipinski definition) is 1. The molecule has 15 heteroatoms. The third kappa shape index (κ3) is 7.40. The number of nitrogens with one attached hydrogen (secondary N) is 1. The molecule has 0 saturated carbocycles. The summed E-state index contributed by atoms with van der Waals surface area (Å²) in [7, 11) is -5.71. The van der Waals surface area contributed by atoms with Gasteiger partial charge in [-0.3, -0.25) is 4.72 Å². The largest absolute Gasteiger partial charge is 0.516 e. The van der Waals surface area contributed by atoms with Crippen molar-refractivity contribution in [3.05, 3.63) is 22.7 Å². The van der Waals surface area contributed by atoms with Crippen LogP contribution in [0.25, 0.3) is 0 Å². The summed E-state index contributed by atoms with van der Waals surface area (Å²) in [5, 5.41) is 15.3. The molecule has 10 nitrogen and oxygen atoms in total. The smallest absolute Gasteiger partial charge is 0.460 e. The minimum atomic E-state index is -5.71. The molecule has 1 aliphatic rings. The Kier molecular flexibility index (Phi) is 10.0. The minimum absolute atomic E-state index is 0.0374. The average Bonchev–Trinajstić information content (AvgIpc) is 3.33. The lowest BCUT2D eigenvalue weighted by Gasteiger charge is -2.37. The van der Waals surface area contributed by atoms with Gasteiger partial charge in [0.05, 0.1) is 12.3 Å². The molecule has 210 valence electrons. The van der Waals surface area contributed by atoms with Crippen molar-refractivity contribution in [2.24, 2.45) is 10.2 Å². The molecule has 0 fully saturated rings. The zero-order chi connectivity index (χ0) is 27.9. The molecule has 1 aromatic carbocycles. The molecule has 1 aliphatic heterocycles. The van der Waals surface area contributed by atoms with Gasteiger partial charge in [0.1, 0.15) is 5.69 Å². The maximum atomic E-state index is 13.2. The van der Waals surface area contributed by atoms with E-state index in [1.807, 2.05) is 13.8 Å². The Labute approximate surface area is 223 Å². The van der Waals surface area contributed by atoms with Gasteiger partial charge in [0, 0.05) is 18.3 Å². The highest BCUT2D eigenvalue weighted by Gasteiger charge is 2.46. The van der Waals surface area contributed by atoms with E-state index in [9.17, 15) is 26.4 Å². The summed E-state index contributed by atoms with van der Waals surface area (Å²) in [5.74, 6) is -0.665. The Hall–Kier alpha value is -2.81. The lowest BCUT2D eigenvalue weighted by molar-refractivity contribution is -0.0429. The summed E-state index contributed by atoms with van der Waals surface area (Å²) in [6, 6.07) is 3.05. The number of azo groups is 1. The molecular weight excluding hydrogens is 545 g/mol. The fourth-order valence-corrected chi connectivity index (χ4v) is 5.02. The van der Waals surface area contributed by atoms with E-state index in [-0.39, 0.29) is 34.2 Å². The molecule has 2 heterocycles. The van der Waals surface area contributed by atoms with E-state index in [2.05, 4.69) is 32.2 Å². The number of aromatic nitrogens is 2. The Morgan fingerprint density at radius 1 is 1.18 bits per heavy atom. The van der Waals surface area contributed by atoms with Crippen LogP contribution in [0.15, 0.2) is 22.4 Å². The van der Waals surface area contributed by atoms with Gasteiger partial charge in [0.2, 0.25) is 5.01 Å². The Morgan fingerprint density at radius 3 is 2.61 bits per heavy atom. The first-order chi connectivity index (χ1) is 18.0. The van der Waals surface area contributed by atoms with Crippen molar-refractivity contribution in [1.29, 1.82) is 0 Å². The number of anilines is 2. The molecule has 0 radical (unpaired) electrons. The van der Waals surface area contributed by atoms with E-state index in [1.165, 1.54) is 12.1 Å². The van der Waals surface area contributed by atoms with Crippen molar-refractivity contribution in [1.82, 2.24) is 10.2 Å². The quantitative estimate of drug-likeness (QED) is 0.174. The molecule has 2 aromatic rings. The summed E-state index contributed by atoms with van der Waals surface area (Å²) < 4.78 is 70.2. The summed E-state index contributed by atoms with van der Waals surface area (Å²) in [6.45, 7) is 6.98.